The average Bonchev–Trinajstić information content (AvgIpc) is 3.30. The minimum absolute atomic E-state index is 0.0792. The fourth-order valence-corrected chi connectivity index (χ4v) is 3.03. The van der Waals surface area contributed by atoms with E-state index in [4.69, 9.17) is 26.1 Å². The van der Waals surface area contributed by atoms with Crippen LogP contribution in [0.3, 0.4) is 0 Å². The highest BCUT2D eigenvalue weighted by atomic mass is 32.1. The highest BCUT2D eigenvalue weighted by molar-refractivity contribution is 7.80. The van der Waals surface area contributed by atoms with Crippen molar-refractivity contribution in [2.75, 3.05) is 24.9 Å². The van der Waals surface area contributed by atoms with Crippen molar-refractivity contribution in [2.45, 2.75) is 6.92 Å². The van der Waals surface area contributed by atoms with Gasteiger partial charge in [0.1, 0.15) is 17.1 Å². The lowest BCUT2D eigenvalue weighted by Crippen LogP contribution is -2.34. The molecule has 0 atom stereocenters. The van der Waals surface area contributed by atoms with Crippen LogP contribution in [0.15, 0.2) is 59.2 Å². The molecule has 8 nitrogen and oxygen atoms in total. The summed E-state index contributed by atoms with van der Waals surface area (Å²) in [5.74, 6) is 0.0613. The number of thiocarbonyl (C=S) groups is 1. The number of hydrogen-bond donors (Lipinski definition) is 3. The molecule has 31 heavy (non-hydrogen) atoms. The van der Waals surface area contributed by atoms with Crippen LogP contribution < -0.4 is 25.4 Å². The molecule has 3 N–H and O–H groups in total. The van der Waals surface area contributed by atoms with Gasteiger partial charge < -0.3 is 24.5 Å². The molecule has 0 unspecified atom stereocenters. The number of nitrogens with one attached hydrogen (secondary N) is 3. The number of ether oxygens (including phenoxy) is 2. The number of aryl methyl sites for hydroxylation is 1. The summed E-state index contributed by atoms with van der Waals surface area (Å²) in [6.07, 6.45) is 1.43. The number of amides is 2. The van der Waals surface area contributed by atoms with Gasteiger partial charge in [-0.15, -0.1) is 0 Å². The van der Waals surface area contributed by atoms with Crippen LogP contribution in [0.1, 0.15) is 26.5 Å². The van der Waals surface area contributed by atoms with Crippen LogP contribution >= 0.6 is 12.2 Å². The number of methoxy groups -OCH3 is 2. The monoisotopic (exact) mass is 439 g/mol. The van der Waals surface area contributed by atoms with Gasteiger partial charge in [0, 0.05) is 11.4 Å². The highest BCUT2D eigenvalue weighted by Gasteiger charge is 2.19. The maximum Gasteiger partial charge on any atom is 0.291 e. The predicted octanol–water partition coefficient (Wildman–Crippen LogP) is 3.98. The molecule has 0 radical (unpaired) electrons. The Bertz CT molecular complexity index is 1090. The lowest BCUT2D eigenvalue weighted by atomic mass is 10.1. The van der Waals surface area contributed by atoms with E-state index in [0.29, 0.717) is 22.9 Å². The Hall–Kier alpha value is -3.85. The Kier molecular flexibility index (Phi) is 6.88. The van der Waals surface area contributed by atoms with Crippen LogP contribution in [0, 0.1) is 6.92 Å². The Morgan fingerprint density at radius 1 is 0.935 bits per heavy atom. The molecule has 1 aromatic heterocycles. The molecule has 0 saturated heterocycles. The topological polar surface area (TPSA) is 102 Å². The van der Waals surface area contributed by atoms with E-state index in [1.807, 2.05) is 13.0 Å². The predicted molar refractivity (Wildman–Crippen MR) is 121 cm³/mol. The van der Waals surface area contributed by atoms with E-state index in [0.717, 1.165) is 5.56 Å². The molecule has 0 aliphatic heterocycles. The van der Waals surface area contributed by atoms with Gasteiger partial charge in [0.2, 0.25) is 0 Å². The molecule has 0 bridgehead atoms. The molecule has 0 aliphatic rings. The van der Waals surface area contributed by atoms with E-state index < -0.39 is 5.91 Å². The first-order valence-corrected chi connectivity index (χ1v) is 9.62. The second-order valence-electron chi connectivity index (χ2n) is 6.41. The maximum atomic E-state index is 12.8. The summed E-state index contributed by atoms with van der Waals surface area (Å²) in [4.78, 5) is 25.0. The van der Waals surface area contributed by atoms with Gasteiger partial charge in [-0.3, -0.25) is 14.9 Å². The maximum absolute atomic E-state index is 12.8. The number of rotatable bonds is 6. The fraction of sp³-hybridized carbons (Fsp3) is 0.136. The first kappa shape index (κ1) is 21.8. The van der Waals surface area contributed by atoms with Gasteiger partial charge in [-0.25, -0.2) is 0 Å². The molecule has 9 heteroatoms. The van der Waals surface area contributed by atoms with Crippen LogP contribution in [-0.4, -0.2) is 31.1 Å². The van der Waals surface area contributed by atoms with Crippen molar-refractivity contribution >= 4 is 40.5 Å². The van der Waals surface area contributed by atoms with Crippen molar-refractivity contribution in [1.82, 2.24) is 5.32 Å². The van der Waals surface area contributed by atoms with Crippen LogP contribution in [0.4, 0.5) is 11.4 Å². The standard InChI is InChI=1S/C22H21N3O5S/c1-13-9-10-14(23-20(26)18-8-5-11-30-18)12-15(13)24-22(31)25-21(27)19-16(28-2)6-4-7-17(19)29-3/h4-12H,1-3H3,(H,23,26)(H2,24,25,27,31). The lowest BCUT2D eigenvalue weighted by Gasteiger charge is -2.15. The number of furan rings is 1. The molecule has 3 aromatic rings. The smallest absolute Gasteiger partial charge is 0.291 e. The zero-order chi connectivity index (χ0) is 22.4. The normalized spacial score (nSPS) is 10.2. The van der Waals surface area contributed by atoms with Gasteiger partial charge in [-0.1, -0.05) is 12.1 Å². The first-order valence-electron chi connectivity index (χ1n) is 9.21. The van der Waals surface area contributed by atoms with E-state index in [2.05, 4.69) is 16.0 Å². The summed E-state index contributed by atoms with van der Waals surface area (Å²) in [6, 6.07) is 13.5. The van der Waals surface area contributed by atoms with Crippen molar-refractivity contribution in [3.05, 3.63) is 71.7 Å². The minimum atomic E-state index is -0.480. The van der Waals surface area contributed by atoms with Crippen molar-refractivity contribution in [2.24, 2.45) is 0 Å². The lowest BCUT2D eigenvalue weighted by molar-refractivity contribution is 0.0969. The zero-order valence-electron chi connectivity index (χ0n) is 17.1. The molecule has 1 heterocycles. The summed E-state index contributed by atoms with van der Waals surface area (Å²) in [7, 11) is 2.93. The molecule has 3 rings (SSSR count). The van der Waals surface area contributed by atoms with E-state index in [-0.39, 0.29) is 22.3 Å². The number of anilines is 2. The molecule has 2 aromatic carbocycles. The SMILES string of the molecule is COc1cccc(OC)c1C(=O)NC(=S)Nc1cc(NC(=O)c2ccco2)ccc1C. The zero-order valence-corrected chi connectivity index (χ0v) is 18.0. The number of hydrogen-bond acceptors (Lipinski definition) is 6. The average molecular weight is 439 g/mol. The summed E-state index contributed by atoms with van der Waals surface area (Å²) in [5, 5.41) is 8.43. The fourth-order valence-electron chi connectivity index (χ4n) is 2.83. The molecule has 0 aliphatic carbocycles. The van der Waals surface area contributed by atoms with Crippen LogP contribution in [0.2, 0.25) is 0 Å². The summed E-state index contributed by atoms with van der Waals surface area (Å²) < 4.78 is 15.6. The van der Waals surface area contributed by atoms with Crippen molar-refractivity contribution < 1.29 is 23.5 Å². The quantitative estimate of drug-likeness (QED) is 0.499. The third kappa shape index (κ3) is 5.20. The Morgan fingerprint density at radius 3 is 2.26 bits per heavy atom. The largest absolute Gasteiger partial charge is 0.496 e. The molecule has 0 saturated carbocycles. The van der Waals surface area contributed by atoms with Crippen LogP contribution in [0.5, 0.6) is 11.5 Å². The van der Waals surface area contributed by atoms with Gasteiger partial charge in [0.25, 0.3) is 11.8 Å². The first-order chi connectivity index (χ1) is 14.9. The second-order valence-corrected chi connectivity index (χ2v) is 6.82. The highest BCUT2D eigenvalue weighted by Crippen LogP contribution is 2.28. The molecule has 160 valence electrons. The van der Waals surface area contributed by atoms with Gasteiger partial charge in [-0.05, 0) is 61.1 Å². The van der Waals surface area contributed by atoms with Gasteiger partial charge >= 0.3 is 0 Å². The summed E-state index contributed by atoms with van der Waals surface area (Å²) in [5.41, 5.74) is 2.25. The second kappa shape index (κ2) is 9.77. The number of carbonyl (C=O) groups is 2. The molecule has 2 amide bonds. The van der Waals surface area contributed by atoms with Crippen molar-refractivity contribution in [3.8, 4) is 11.5 Å². The molecular formula is C22H21N3O5S. The Morgan fingerprint density at radius 2 is 1.65 bits per heavy atom. The van der Waals surface area contributed by atoms with E-state index in [9.17, 15) is 9.59 Å². The van der Waals surface area contributed by atoms with Crippen molar-refractivity contribution in [1.29, 1.82) is 0 Å². The van der Waals surface area contributed by atoms with Crippen LogP contribution in [0.25, 0.3) is 0 Å². The van der Waals surface area contributed by atoms with Gasteiger partial charge in [-0.2, -0.15) is 0 Å². The molecule has 0 spiro atoms. The van der Waals surface area contributed by atoms with Gasteiger partial charge in [0.15, 0.2) is 10.9 Å². The Labute approximate surface area is 184 Å². The van der Waals surface area contributed by atoms with E-state index >= 15 is 0 Å². The van der Waals surface area contributed by atoms with Crippen LogP contribution in [-0.2, 0) is 0 Å². The molecular weight excluding hydrogens is 418 g/mol. The number of benzene rings is 2. The van der Waals surface area contributed by atoms with Gasteiger partial charge in [0.05, 0.1) is 20.5 Å². The number of carbonyl (C=O) groups excluding carboxylic acids is 2. The van der Waals surface area contributed by atoms with E-state index in [1.165, 1.54) is 20.5 Å². The minimum Gasteiger partial charge on any atom is -0.496 e. The molecule has 0 fully saturated rings. The Balaban J connectivity index is 1.72. The van der Waals surface area contributed by atoms with E-state index in [1.54, 1.807) is 42.5 Å². The summed E-state index contributed by atoms with van der Waals surface area (Å²) in [6.45, 7) is 1.87. The third-order valence-corrected chi connectivity index (χ3v) is 4.57. The summed E-state index contributed by atoms with van der Waals surface area (Å²) >= 11 is 5.30. The third-order valence-electron chi connectivity index (χ3n) is 4.37. The van der Waals surface area contributed by atoms with Crippen molar-refractivity contribution in [3.63, 3.8) is 0 Å².